The van der Waals surface area contributed by atoms with Crippen molar-refractivity contribution >= 4 is 21.6 Å². The second-order valence-corrected chi connectivity index (χ2v) is 7.45. The Bertz CT molecular complexity index is 1120. The van der Waals surface area contributed by atoms with E-state index in [-0.39, 0.29) is 5.56 Å². The summed E-state index contributed by atoms with van der Waals surface area (Å²) in [5.74, 6) is 1.41. The summed E-state index contributed by atoms with van der Waals surface area (Å²) >= 11 is 1.48. The van der Waals surface area contributed by atoms with E-state index in [9.17, 15) is 4.79 Å². The number of H-pyrrole nitrogens is 1. The molecule has 4 aromatic rings. The van der Waals surface area contributed by atoms with Crippen LogP contribution in [0.1, 0.15) is 24.5 Å². The summed E-state index contributed by atoms with van der Waals surface area (Å²) < 4.78 is 7.74. The van der Waals surface area contributed by atoms with E-state index < -0.39 is 0 Å². The molecular weight excluding hydrogens is 348 g/mol. The molecule has 0 saturated carbocycles. The van der Waals surface area contributed by atoms with Gasteiger partial charge in [0.15, 0.2) is 0 Å². The molecule has 26 heavy (non-hydrogen) atoms. The molecule has 7 heteroatoms. The van der Waals surface area contributed by atoms with E-state index in [4.69, 9.17) is 9.40 Å². The first-order valence-electron chi connectivity index (χ1n) is 8.64. The van der Waals surface area contributed by atoms with Crippen molar-refractivity contribution in [1.29, 1.82) is 0 Å². The number of rotatable bonds is 3. The Morgan fingerprint density at radius 3 is 3.12 bits per heavy atom. The fraction of sp³-hybridized carbons (Fsp3) is 0.263. The molecule has 0 aliphatic carbocycles. The zero-order valence-electron chi connectivity index (χ0n) is 14.3. The summed E-state index contributed by atoms with van der Waals surface area (Å²) in [5, 5.41) is 2.54. The molecule has 0 saturated heterocycles. The van der Waals surface area contributed by atoms with Crippen LogP contribution in [-0.2, 0) is 13.1 Å². The van der Waals surface area contributed by atoms with E-state index in [1.165, 1.54) is 17.0 Å². The molecule has 1 aliphatic rings. The van der Waals surface area contributed by atoms with Gasteiger partial charge >= 0.3 is 0 Å². The van der Waals surface area contributed by atoms with Crippen LogP contribution in [0.3, 0.4) is 0 Å². The fourth-order valence-electron chi connectivity index (χ4n) is 3.72. The van der Waals surface area contributed by atoms with E-state index in [1.807, 2.05) is 17.5 Å². The van der Waals surface area contributed by atoms with Crippen LogP contribution in [0.4, 0.5) is 0 Å². The topological polar surface area (TPSA) is 67.1 Å². The minimum absolute atomic E-state index is 0.106. The van der Waals surface area contributed by atoms with Crippen LogP contribution in [0.25, 0.3) is 21.5 Å². The smallest absolute Gasteiger partial charge is 0.260 e. The van der Waals surface area contributed by atoms with Crippen molar-refractivity contribution in [2.24, 2.45) is 0 Å². The normalized spacial score (nSPS) is 17.7. The molecule has 0 aromatic carbocycles. The van der Waals surface area contributed by atoms with E-state index >= 15 is 0 Å². The van der Waals surface area contributed by atoms with E-state index in [1.54, 1.807) is 6.26 Å². The largest absolute Gasteiger partial charge is 0.464 e. The van der Waals surface area contributed by atoms with E-state index in [2.05, 4.69) is 39.7 Å². The molecule has 0 amide bonds. The number of hydrogen-bond donors (Lipinski definition) is 1. The predicted octanol–water partition coefficient (Wildman–Crippen LogP) is 3.62. The molecule has 132 valence electrons. The van der Waals surface area contributed by atoms with Crippen LogP contribution in [0.15, 0.2) is 51.3 Å². The minimum Gasteiger partial charge on any atom is -0.464 e. The van der Waals surface area contributed by atoms with Gasteiger partial charge in [-0.15, -0.1) is 11.3 Å². The average molecular weight is 366 g/mol. The van der Waals surface area contributed by atoms with Crippen molar-refractivity contribution in [2.75, 3.05) is 6.54 Å². The van der Waals surface area contributed by atoms with Gasteiger partial charge in [0, 0.05) is 42.0 Å². The van der Waals surface area contributed by atoms with Gasteiger partial charge in [0.05, 0.1) is 18.2 Å². The zero-order chi connectivity index (χ0) is 17.7. The first-order valence-corrected chi connectivity index (χ1v) is 9.52. The lowest BCUT2D eigenvalue weighted by atomic mass is 10.1. The monoisotopic (exact) mass is 366 g/mol. The Morgan fingerprint density at radius 1 is 1.35 bits per heavy atom. The van der Waals surface area contributed by atoms with Gasteiger partial charge in [-0.1, -0.05) is 0 Å². The zero-order valence-corrected chi connectivity index (χ0v) is 15.1. The molecule has 4 aromatic heterocycles. The molecule has 0 spiro atoms. The summed E-state index contributed by atoms with van der Waals surface area (Å²) in [6.07, 6.45) is 3.74. The quantitative estimate of drug-likeness (QED) is 0.601. The van der Waals surface area contributed by atoms with Crippen LogP contribution in [0.5, 0.6) is 0 Å². The third-order valence-electron chi connectivity index (χ3n) is 5.10. The van der Waals surface area contributed by atoms with Crippen molar-refractivity contribution in [3.8, 4) is 11.3 Å². The summed E-state index contributed by atoms with van der Waals surface area (Å²) in [7, 11) is 0. The van der Waals surface area contributed by atoms with Gasteiger partial charge < -0.3 is 14.0 Å². The third-order valence-corrected chi connectivity index (χ3v) is 5.97. The maximum absolute atomic E-state index is 12.7. The Kier molecular flexibility index (Phi) is 3.58. The Morgan fingerprint density at radius 2 is 2.27 bits per heavy atom. The van der Waals surface area contributed by atoms with Gasteiger partial charge in [-0.2, -0.15) is 0 Å². The van der Waals surface area contributed by atoms with Crippen LogP contribution < -0.4 is 5.56 Å². The Balaban J connectivity index is 1.49. The van der Waals surface area contributed by atoms with Crippen molar-refractivity contribution in [3.05, 3.63) is 64.0 Å². The van der Waals surface area contributed by atoms with Gasteiger partial charge in [0.2, 0.25) is 0 Å². The maximum atomic E-state index is 12.7. The van der Waals surface area contributed by atoms with Gasteiger partial charge in [-0.3, -0.25) is 9.69 Å². The number of thiophene rings is 1. The van der Waals surface area contributed by atoms with Crippen molar-refractivity contribution in [1.82, 2.24) is 19.4 Å². The molecule has 1 atom stereocenters. The van der Waals surface area contributed by atoms with Gasteiger partial charge in [-0.25, -0.2) is 4.98 Å². The lowest BCUT2D eigenvalue weighted by molar-refractivity contribution is 0.157. The predicted molar refractivity (Wildman–Crippen MR) is 101 cm³/mol. The van der Waals surface area contributed by atoms with Gasteiger partial charge in [-0.05, 0) is 31.2 Å². The van der Waals surface area contributed by atoms with Gasteiger partial charge in [0.25, 0.3) is 5.56 Å². The van der Waals surface area contributed by atoms with Crippen LogP contribution in [0.2, 0.25) is 0 Å². The number of furan rings is 1. The first kappa shape index (κ1) is 15.6. The number of aromatic nitrogens is 3. The van der Waals surface area contributed by atoms with Crippen LogP contribution in [-0.4, -0.2) is 26.0 Å². The van der Waals surface area contributed by atoms with Crippen LogP contribution in [0, 0.1) is 0 Å². The summed E-state index contributed by atoms with van der Waals surface area (Å²) in [6, 6.07) is 8.22. The number of nitrogens with zero attached hydrogens (tertiary/aromatic N) is 3. The lowest BCUT2D eigenvalue weighted by Gasteiger charge is -2.34. The average Bonchev–Trinajstić information content (AvgIpc) is 3.36. The molecule has 6 nitrogen and oxygen atoms in total. The van der Waals surface area contributed by atoms with Gasteiger partial charge in [0.1, 0.15) is 16.4 Å². The summed E-state index contributed by atoms with van der Waals surface area (Å²) in [4.78, 5) is 23.5. The number of fused-ring (bicyclic) bond motifs is 2. The molecule has 0 bridgehead atoms. The molecule has 1 aliphatic heterocycles. The highest BCUT2D eigenvalue weighted by molar-refractivity contribution is 7.17. The lowest BCUT2D eigenvalue weighted by Crippen LogP contribution is -2.36. The number of nitrogens with one attached hydrogen (secondary N) is 1. The molecule has 1 N–H and O–H groups in total. The van der Waals surface area contributed by atoms with Crippen molar-refractivity contribution < 1.29 is 4.42 Å². The Labute approximate surface area is 153 Å². The molecule has 0 radical (unpaired) electrons. The molecule has 0 unspecified atom stereocenters. The molecule has 5 rings (SSSR count). The second-order valence-electron chi connectivity index (χ2n) is 6.59. The molecule has 5 heterocycles. The van der Waals surface area contributed by atoms with E-state index in [0.29, 0.717) is 29.6 Å². The second kappa shape index (κ2) is 5.96. The third kappa shape index (κ3) is 2.43. The summed E-state index contributed by atoms with van der Waals surface area (Å²) in [5.41, 5.74) is 2.00. The fourth-order valence-corrected chi connectivity index (χ4v) is 4.66. The maximum Gasteiger partial charge on any atom is 0.260 e. The van der Waals surface area contributed by atoms with E-state index in [0.717, 1.165) is 23.5 Å². The Hall–Kier alpha value is -2.64. The van der Waals surface area contributed by atoms with Crippen molar-refractivity contribution in [3.63, 3.8) is 0 Å². The summed E-state index contributed by atoms with van der Waals surface area (Å²) in [6.45, 7) is 4.72. The highest BCUT2D eigenvalue weighted by Gasteiger charge is 2.24. The number of hydrogen-bond acceptors (Lipinski definition) is 5. The molecular formula is C19H18N4O2S. The first-order chi connectivity index (χ1) is 12.7. The van der Waals surface area contributed by atoms with Crippen LogP contribution >= 0.6 is 11.3 Å². The highest BCUT2D eigenvalue weighted by Crippen LogP contribution is 2.31. The molecule has 0 fully saturated rings. The standard InChI is InChI=1S/C19H18N4O2S/c1-12-14-4-2-6-22(14)7-8-23(12)10-16-20-18(24)17-13(11-26-19(17)21-16)15-5-3-9-25-15/h2-6,9,11-12H,7-8,10H2,1H3,(H,20,21,24)/t12-/m0/s1. The number of aromatic amines is 1. The minimum atomic E-state index is -0.106. The highest BCUT2D eigenvalue weighted by atomic mass is 32.1. The van der Waals surface area contributed by atoms with Crippen molar-refractivity contribution in [2.45, 2.75) is 26.1 Å². The SMILES string of the molecule is C[C@H]1c2cccn2CCN1Cc1nc2scc(-c3ccco3)c2c(=O)[nH]1.